The van der Waals surface area contributed by atoms with E-state index in [-0.39, 0.29) is 0 Å². The number of hydrogen-bond acceptors (Lipinski definition) is 2. The highest BCUT2D eigenvalue weighted by molar-refractivity contribution is 6.49. The molecule has 0 heterocycles. The Bertz CT molecular complexity index is 713. The Balaban J connectivity index is 2.25. The van der Waals surface area contributed by atoms with E-state index in [1.165, 1.54) is 0 Å². The van der Waals surface area contributed by atoms with Crippen molar-refractivity contribution in [2.75, 3.05) is 5.43 Å². The third kappa shape index (κ3) is 3.97. The van der Waals surface area contributed by atoms with Crippen molar-refractivity contribution in [2.24, 2.45) is 5.10 Å². The van der Waals surface area contributed by atoms with Crippen LogP contribution in [0.1, 0.15) is 12.5 Å². The largest absolute Gasteiger partial charge is 0.278 e. The third-order valence-electron chi connectivity index (χ3n) is 2.70. The fraction of sp³-hybridized carbons (Fsp3) is 0.0714. The van der Waals surface area contributed by atoms with E-state index in [1.54, 1.807) is 37.3 Å². The molecule has 0 bridgehead atoms. The molecule has 0 aromatic heterocycles. The number of anilines is 1. The van der Waals surface area contributed by atoms with Gasteiger partial charge in [-0.2, -0.15) is 5.10 Å². The van der Waals surface area contributed by atoms with Gasteiger partial charge < -0.3 is 0 Å². The van der Waals surface area contributed by atoms with E-state index < -0.39 is 0 Å². The van der Waals surface area contributed by atoms with E-state index in [0.29, 0.717) is 42.1 Å². The summed E-state index contributed by atoms with van der Waals surface area (Å²) in [7, 11) is 0. The van der Waals surface area contributed by atoms with Crippen LogP contribution in [0.15, 0.2) is 35.4 Å². The highest BCUT2D eigenvalue weighted by atomic mass is 35.5. The lowest BCUT2D eigenvalue weighted by Gasteiger charge is -2.08. The van der Waals surface area contributed by atoms with Crippen LogP contribution in [0.5, 0.6) is 0 Å². The fourth-order valence-electron chi connectivity index (χ4n) is 1.58. The molecule has 0 atom stereocenters. The molecular formula is C14H9Cl5N2. The van der Waals surface area contributed by atoms with Gasteiger partial charge in [-0.1, -0.05) is 64.1 Å². The van der Waals surface area contributed by atoms with Crippen molar-refractivity contribution < 1.29 is 0 Å². The molecule has 0 aliphatic heterocycles. The summed E-state index contributed by atoms with van der Waals surface area (Å²) in [6.07, 6.45) is 0. The topological polar surface area (TPSA) is 24.4 Å². The van der Waals surface area contributed by atoms with E-state index in [0.717, 1.165) is 0 Å². The number of halogens is 5. The van der Waals surface area contributed by atoms with Gasteiger partial charge in [0, 0.05) is 5.56 Å². The van der Waals surface area contributed by atoms with E-state index in [9.17, 15) is 0 Å². The van der Waals surface area contributed by atoms with E-state index in [4.69, 9.17) is 58.0 Å². The Morgan fingerprint density at radius 1 is 0.857 bits per heavy atom. The van der Waals surface area contributed by atoms with Crippen molar-refractivity contribution in [3.8, 4) is 0 Å². The zero-order chi connectivity index (χ0) is 15.6. The number of rotatable bonds is 3. The smallest absolute Gasteiger partial charge is 0.0785 e. The summed E-state index contributed by atoms with van der Waals surface area (Å²) in [6, 6.07) is 8.55. The van der Waals surface area contributed by atoms with Crippen molar-refractivity contribution >= 4 is 69.4 Å². The summed E-state index contributed by atoms with van der Waals surface area (Å²) >= 11 is 29.9. The lowest BCUT2D eigenvalue weighted by molar-refractivity contribution is 1.32. The van der Waals surface area contributed by atoms with E-state index >= 15 is 0 Å². The Labute approximate surface area is 147 Å². The highest BCUT2D eigenvalue weighted by Gasteiger charge is 2.11. The maximum Gasteiger partial charge on any atom is 0.0785 e. The number of nitrogens with zero attached hydrogens (tertiary/aromatic N) is 1. The van der Waals surface area contributed by atoms with Crippen LogP contribution in [0, 0.1) is 0 Å². The third-order valence-corrected chi connectivity index (χ3v) is 4.73. The maximum absolute atomic E-state index is 6.16. The molecular weight excluding hydrogens is 373 g/mol. The van der Waals surface area contributed by atoms with Gasteiger partial charge >= 0.3 is 0 Å². The predicted molar refractivity (Wildman–Crippen MR) is 93.8 cm³/mol. The standard InChI is InChI=1S/C14H9Cl5N2/c1-7(9-3-5-11(16)14(19)13(9)18)20-21-8-2-4-10(15)12(17)6-8/h2-6,21H,1H3/b20-7-. The van der Waals surface area contributed by atoms with Crippen molar-refractivity contribution in [3.05, 3.63) is 61.0 Å². The first-order chi connectivity index (χ1) is 9.90. The summed E-state index contributed by atoms with van der Waals surface area (Å²) in [5.74, 6) is 0. The van der Waals surface area contributed by atoms with E-state index in [2.05, 4.69) is 10.5 Å². The van der Waals surface area contributed by atoms with Gasteiger partial charge in [-0.25, -0.2) is 0 Å². The zero-order valence-corrected chi connectivity index (χ0v) is 14.5. The first kappa shape index (κ1) is 16.7. The second-order valence-electron chi connectivity index (χ2n) is 4.16. The first-order valence-corrected chi connectivity index (χ1v) is 7.68. The summed E-state index contributed by atoms with van der Waals surface area (Å²) in [6.45, 7) is 1.80. The minimum atomic E-state index is 0.305. The number of benzene rings is 2. The van der Waals surface area contributed by atoms with Gasteiger partial charge in [0.2, 0.25) is 0 Å². The van der Waals surface area contributed by atoms with Gasteiger partial charge in [0.1, 0.15) is 0 Å². The monoisotopic (exact) mass is 380 g/mol. The second kappa shape index (κ2) is 7.08. The Hall–Kier alpha value is -0.640. The molecule has 2 rings (SSSR count). The minimum absolute atomic E-state index is 0.305. The molecule has 0 amide bonds. The average Bonchev–Trinajstić information content (AvgIpc) is 2.46. The van der Waals surface area contributed by atoms with E-state index in [1.807, 2.05) is 0 Å². The zero-order valence-electron chi connectivity index (χ0n) is 10.7. The van der Waals surface area contributed by atoms with Gasteiger partial charge in [0.05, 0.1) is 36.5 Å². The SMILES string of the molecule is C/C(=N/Nc1ccc(Cl)c(Cl)c1)c1ccc(Cl)c(Cl)c1Cl. The lowest BCUT2D eigenvalue weighted by atomic mass is 10.1. The molecule has 1 N–H and O–H groups in total. The Morgan fingerprint density at radius 2 is 1.52 bits per heavy atom. The van der Waals surface area contributed by atoms with Crippen molar-refractivity contribution in [2.45, 2.75) is 6.92 Å². The molecule has 7 heteroatoms. The Kier molecular flexibility index (Phi) is 5.64. The van der Waals surface area contributed by atoms with Crippen LogP contribution in [0.2, 0.25) is 25.1 Å². The summed E-state index contributed by atoms with van der Waals surface area (Å²) in [5, 5.41) is 6.24. The number of nitrogens with one attached hydrogen (secondary N) is 1. The number of hydrazone groups is 1. The highest BCUT2D eigenvalue weighted by Crippen LogP contribution is 2.33. The van der Waals surface area contributed by atoms with Crippen LogP contribution in [-0.2, 0) is 0 Å². The normalized spacial score (nSPS) is 11.6. The molecule has 2 nitrogen and oxygen atoms in total. The molecule has 110 valence electrons. The molecule has 2 aromatic rings. The molecule has 0 aliphatic carbocycles. The quantitative estimate of drug-likeness (QED) is 0.353. The van der Waals surface area contributed by atoms with Gasteiger partial charge in [-0.15, -0.1) is 0 Å². The molecule has 0 saturated heterocycles. The molecule has 0 fully saturated rings. The summed E-state index contributed by atoms with van der Waals surface area (Å²) in [4.78, 5) is 0. The number of hydrogen-bond donors (Lipinski definition) is 1. The average molecular weight is 383 g/mol. The second-order valence-corrected chi connectivity index (χ2v) is 6.14. The van der Waals surface area contributed by atoms with Gasteiger partial charge in [0.25, 0.3) is 0 Å². The van der Waals surface area contributed by atoms with Crippen LogP contribution < -0.4 is 5.43 Å². The molecule has 21 heavy (non-hydrogen) atoms. The van der Waals surface area contributed by atoms with Gasteiger partial charge in [-0.05, 0) is 31.2 Å². The van der Waals surface area contributed by atoms with Gasteiger partial charge in [-0.3, -0.25) is 5.43 Å². The van der Waals surface area contributed by atoms with Crippen molar-refractivity contribution in [1.29, 1.82) is 0 Å². The molecule has 0 unspecified atom stereocenters. The lowest BCUT2D eigenvalue weighted by Crippen LogP contribution is -2.01. The molecule has 0 radical (unpaired) electrons. The Morgan fingerprint density at radius 3 is 2.19 bits per heavy atom. The first-order valence-electron chi connectivity index (χ1n) is 5.79. The van der Waals surface area contributed by atoms with Gasteiger partial charge in [0.15, 0.2) is 0 Å². The predicted octanol–water partition coefficient (Wildman–Crippen LogP) is 6.79. The van der Waals surface area contributed by atoms with Crippen molar-refractivity contribution in [3.63, 3.8) is 0 Å². The van der Waals surface area contributed by atoms with Crippen molar-refractivity contribution in [1.82, 2.24) is 0 Å². The summed E-state index contributed by atoms with van der Waals surface area (Å²) in [5.41, 5.74) is 4.94. The fourth-order valence-corrected chi connectivity index (χ4v) is 2.55. The molecule has 0 spiro atoms. The van der Waals surface area contributed by atoms with Crippen LogP contribution in [0.3, 0.4) is 0 Å². The van der Waals surface area contributed by atoms with Crippen LogP contribution >= 0.6 is 58.0 Å². The molecule has 0 saturated carbocycles. The molecule has 2 aromatic carbocycles. The van der Waals surface area contributed by atoms with Crippen LogP contribution in [-0.4, -0.2) is 5.71 Å². The van der Waals surface area contributed by atoms with Crippen LogP contribution in [0.4, 0.5) is 5.69 Å². The molecule has 0 aliphatic rings. The summed E-state index contributed by atoms with van der Waals surface area (Å²) < 4.78 is 0. The maximum atomic E-state index is 6.16. The van der Waals surface area contributed by atoms with Crippen LogP contribution in [0.25, 0.3) is 0 Å². The minimum Gasteiger partial charge on any atom is -0.278 e.